The number of carbonyl (C=O) groups excluding carboxylic acids is 1. The number of benzene rings is 1. The maximum atomic E-state index is 12.1. The average molecular weight is 291 g/mol. The van der Waals surface area contributed by atoms with Crippen LogP contribution in [0.3, 0.4) is 0 Å². The summed E-state index contributed by atoms with van der Waals surface area (Å²) >= 11 is 0. The summed E-state index contributed by atoms with van der Waals surface area (Å²) in [5.74, 6) is 0.616. The number of nitrogens with one attached hydrogen (secondary N) is 1. The summed E-state index contributed by atoms with van der Waals surface area (Å²) in [6, 6.07) is 4.10. The highest BCUT2D eigenvalue weighted by Crippen LogP contribution is 2.29. The highest BCUT2D eigenvalue weighted by atomic mass is 16.5. The Bertz CT molecular complexity index is 496. The van der Waals surface area contributed by atoms with Crippen LogP contribution >= 0.6 is 0 Å². The van der Waals surface area contributed by atoms with Crippen LogP contribution in [0.2, 0.25) is 0 Å². The normalized spacial score (nSPS) is 16.8. The predicted molar refractivity (Wildman–Crippen MR) is 82.6 cm³/mol. The van der Waals surface area contributed by atoms with Crippen LogP contribution in [0, 0.1) is 20.8 Å². The van der Waals surface area contributed by atoms with Crippen LogP contribution in [-0.4, -0.2) is 29.8 Å². The average Bonchev–Trinajstić information content (AvgIpc) is 2.86. The quantitative estimate of drug-likeness (QED) is 0.876. The molecule has 1 fully saturated rings. The van der Waals surface area contributed by atoms with E-state index in [2.05, 4.69) is 5.32 Å². The molecule has 0 heterocycles. The molecule has 0 unspecified atom stereocenters. The van der Waals surface area contributed by atoms with E-state index in [0.29, 0.717) is 0 Å². The minimum absolute atomic E-state index is 0.00132. The Morgan fingerprint density at radius 2 is 1.81 bits per heavy atom. The van der Waals surface area contributed by atoms with E-state index in [1.807, 2.05) is 32.9 Å². The summed E-state index contributed by atoms with van der Waals surface area (Å²) in [5.41, 5.74) is 2.83. The van der Waals surface area contributed by atoms with E-state index in [9.17, 15) is 9.90 Å². The molecule has 0 bridgehead atoms. The Labute approximate surface area is 126 Å². The second kappa shape index (κ2) is 6.48. The van der Waals surface area contributed by atoms with Crippen LogP contribution in [-0.2, 0) is 4.79 Å². The molecule has 1 aliphatic rings. The highest BCUT2D eigenvalue weighted by Gasteiger charge is 2.34. The first-order valence-electron chi connectivity index (χ1n) is 7.58. The molecule has 0 atom stereocenters. The Kier molecular flexibility index (Phi) is 4.88. The lowest BCUT2D eigenvalue weighted by Gasteiger charge is -2.28. The lowest BCUT2D eigenvalue weighted by atomic mass is 9.99. The molecule has 0 aromatic heterocycles. The molecule has 116 valence electrons. The van der Waals surface area contributed by atoms with Crippen LogP contribution in [0.5, 0.6) is 5.75 Å². The number of hydrogen-bond donors (Lipinski definition) is 2. The predicted octanol–water partition coefficient (Wildman–Crippen LogP) is 2.41. The number of carbonyl (C=O) groups is 1. The molecule has 0 radical (unpaired) electrons. The minimum atomic E-state index is -0.433. The number of rotatable bonds is 5. The van der Waals surface area contributed by atoms with Crippen LogP contribution in [0.25, 0.3) is 0 Å². The molecule has 0 spiro atoms. The number of aliphatic hydroxyl groups excluding tert-OH is 1. The van der Waals surface area contributed by atoms with Gasteiger partial charge in [0.1, 0.15) is 5.75 Å². The number of ether oxygens (including phenoxy) is 1. The first-order valence-corrected chi connectivity index (χ1v) is 7.58. The molecule has 1 aliphatic carbocycles. The fourth-order valence-electron chi connectivity index (χ4n) is 3.24. The van der Waals surface area contributed by atoms with E-state index < -0.39 is 5.54 Å². The van der Waals surface area contributed by atoms with E-state index in [1.165, 1.54) is 5.56 Å². The second-order valence-corrected chi connectivity index (χ2v) is 6.21. The lowest BCUT2D eigenvalue weighted by molar-refractivity contribution is -0.125. The van der Waals surface area contributed by atoms with Gasteiger partial charge in [0.15, 0.2) is 6.61 Å². The molecule has 2 N–H and O–H groups in total. The van der Waals surface area contributed by atoms with Crippen LogP contribution in [0.1, 0.15) is 42.4 Å². The van der Waals surface area contributed by atoms with Crippen molar-refractivity contribution in [2.24, 2.45) is 0 Å². The Morgan fingerprint density at radius 1 is 1.24 bits per heavy atom. The summed E-state index contributed by atoms with van der Waals surface area (Å²) in [7, 11) is 0. The molecular weight excluding hydrogens is 266 g/mol. The second-order valence-electron chi connectivity index (χ2n) is 6.21. The maximum absolute atomic E-state index is 12.1. The Morgan fingerprint density at radius 3 is 2.33 bits per heavy atom. The number of aryl methyl sites for hydroxylation is 3. The van der Waals surface area contributed by atoms with E-state index in [1.54, 1.807) is 0 Å². The molecule has 2 rings (SSSR count). The molecule has 1 aromatic carbocycles. The summed E-state index contributed by atoms with van der Waals surface area (Å²) in [6.07, 6.45) is 3.80. The van der Waals surface area contributed by atoms with Gasteiger partial charge in [-0.25, -0.2) is 0 Å². The molecule has 21 heavy (non-hydrogen) atoms. The van der Waals surface area contributed by atoms with Gasteiger partial charge < -0.3 is 15.2 Å². The summed E-state index contributed by atoms with van der Waals surface area (Å²) in [4.78, 5) is 12.1. The van der Waals surface area contributed by atoms with Gasteiger partial charge in [-0.3, -0.25) is 4.79 Å². The van der Waals surface area contributed by atoms with Gasteiger partial charge in [0, 0.05) is 0 Å². The van der Waals surface area contributed by atoms with Crippen molar-refractivity contribution in [3.05, 3.63) is 28.8 Å². The molecule has 1 amide bonds. The van der Waals surface area contributed by atoms with Gasteiger partial charge in [-0.1, -0.05) is 30.5 Å². The van der Waals surface area contributed by atoms with E-state index in [4.69, 9.17) is 4.74 Å². The van der Waals surface area contributed by atoms with Crippen molar-refractivity contribution < 1.29 is 14.6 Å². The molecule has 0 saturated heterocycles. The van der Waals surface area contributed by atoms with Gasteiger partial charge in [-0.15, -0.1) is 0 Å². The highest BCUT2D eigenvalue weighted by molar-refractivity contribution is 5.78. The minimum Gasteiger partial charge on any atom is -0.483 e. The summed E-state index contributed by atoms with van der Waals surface area (Å²) in [5, 5.41) is 12.5. The van der Waals surface area contributed by atoms with E-state index >= 15 is 0 Å². The van der Waals surface area contributed by atoms with Crippen molar-refractivity contribution >= 4 is 5.91 Å². The van der Waals surface area contributed by atoms with Crippen LogP contribution in [0.4, 0.5) is 0 Å². The monoisotopic (exact) mass is 291 g/mol. The largest absolute Gasteiger partial charge is 0.483 e. The summed E-state index contributed by atoms with van der Waals surface area (Å²) < 4.78 is 5.69. The zero-order valence-corrected chi connectivity index (χ0v) is 13.2. The summed E-state index contributed by atoms with van der Waals surface area (Å²) in [6.45, 7) is 6.01. The molecule has 4 nitrogen and oxygen atoms in total. The van der Waals surface area contributed by atoms with Crippen molar-refractivity contribution in [2.75, 3.05) is 13.2 Å². The third kappa shape index (κ3) is 3.76. The van der Waals surface area contributed by atoms with Gasteiger partial charge in [-0.05, 0) is 44.7 Å². The van der Waals surface area contributed by atoms with Gasteiger partial charge in [0.2, 0.25) is 0 Å². The molecular formula is C17H25NO3. The van der Waals surface area contributed by atoms with Crippen LogP contribution < -0.4 is 10.1 Å². The van der Waals surface area contributed by atoms with Crippen molar-refractivity contribution in [3.63, 3.8) is 0 Å². The fraction of sp³-hybridized carbons (Fsp3) is 0.588. The first kappa shape index (κ1) is 15.8. The van der Waals surface area contributed by atoms with E-state index in [-0.39, 0.29) is 19.1 Å². The van der Waals surface area contributed by atoms with E-state index in [0.717, 1.165) is 42.6 Å². The zero-order valence-electron chi connectivity index (χ0n) is 13.2. The van der Waals surface area contributed by atoms with Crippen molar-refractivity contribution in [1.29, 1.82) is 0 Å². The Balaban J connectivity index is 1.95. The zero-order chi connectivity index (χ0) is 15.5. The van der Waals surface area contributed by atoms with Crippen molar-refractivity contribution in [1.82, 2.24) is 5.32 Å². The molecule has 0 aliphatic heterocycles. The third-order valence-corrected chi connectivity index (χ3v) is 4.22. The third-order valence-electron chi connectivity index (χ3n) is 4.22. The van der Waals surface area contributed by atoms with Gasteiger partial charge in [0.25, 0.3) is 5.91 Å². The first-order chi connectivity index (χ1) is 9.96. The van der Waals surface area contributed by atoms with Crippen molar-refractivity contribution in [3.8, 4) is 5.75 Å². The number of hydrogen-bond acceptors (Lipinski definition) is 3. The van der Waals surface area contributed by atoms with Gasteiger partial charge in [0.05, 0.1) is 12.1 Å². The standard InChI is InChI=1S/C17H25NO3/c1-12-8-13(2)16(14(3)9-12)21-10-15(20)18-17(11-19)6-4-5-7-17/h8-9,19H,4-7,10-11H2,1-3H3,(H,18,20). The molecule has 1 aromatic rings. The van der Waals surface area contributed by atoms with Crippen LogP contribution in [0.15, 0.2) is 12.1 Å². The van der Waals surface area contributed by atoms with Gasteiger partial charge in [-0.2, -0.15) is 0 Å². The Hall–Kier alpha value is -1.55. The SMILES string of the molecule is Cc1cc(C)c(OCC(=O)NC2(CO)CCCC2)c(C)c1. The van der Waals surface area contributed by atoms with Crippen molar-refractivity contribution in [2.45, 2.75) is 52.0 Å². The fourth-order valence-corrected chi connectivity index (χ4v) is 3.24. The number of aliphatic hydroxyl groups is 1. The molecule has 1 saturated carbocycles. The topological polar surface area (TPSA) is 58.6 Å². The van der Waals surface area contributed by atoms with Gasteiger partial charge >= 0.3 is 0 Å². The smallest absolute Gasteiger partial charge is 0.258 e. The lowest BCUT2D eigenvalue weighted by Crippen LogP contribution is -2.50. The maximum Gasteiger partial charge on any atom is 0.258 e. The molecule has 4 heteroatoms. The number of amides is 1.